The van der Waals surface area contributed by atoms with Crippen molar-refractivity contribution in [2.24, 2.45) is 0 Å². The van der Waals surface area contributed by atoms with Gasteiger partial charge in [0.15, 0.2) is 50.9 Å². The number of anilines is 3. The summed E-state index contributed by atoms with van der Waals surface area (Å²) in [7, 11) is 0. The molecule has 7 rings (SSSR count). The predicted octanol–water partition coefficient (Wildman–Crippen LogP) is -0.995. The van der Waals surface area contributed by atoms with Crippen LogP contribution in [0.1, 0.15) is 0 Å². The maximum atomic E-state index is 5.96. The molecule has 0 radical (unpaired) electrons. The van der Waals surface area contributed by atoms with Crippen molar-refractivity contribution in [2.75, 3.05) is 17.2 Å². The quantitative estimate of drug-likeness (QED) is 0.274. The lowest BCUT2D eigenvalue weighted by Gasteiger charge is -2.09. The Balaban J connectivity index is 1.53. The van der Waals surface area contributed by atoms with Crippen molar-refractivity contribution in [1.29, 1.82) is 0 Å². The van der Waals surface area contributed by atoms with Gasteiger partial charge in [-0.3, -0.25) is 13.7 Å². The van der Waals surface area contributed by atoms with Crippen LogP contribution in [-0.4, -0.2) is 73.5 Å². The van der Waals surface area contributed by atoms with Crippen LogP contribution in [0.5, 0.6) is 0 Å². The molecule has 0 aromatic carbocycles. The van der Waals surface area contributed by atoms with E-state index >= 15 is 0 Å². The molecule has 174 valence electrons. The first-order valence-electron chi connectivity index (χ1n) is 10.2. The third kappa shape index (κ3) is 2.71. The Morgan fingerprint density at radius 2 is 0.722 bits per heavy atom. The SMILES string of the molecule is Nc1ncnc2c1ncn2-c1nc(-n2cnc3c(N)ncnc32)nc(-n2cnc3c(N)ncnc32)n1. The molecule has 0 aliphatic carbocycles. The monoisotopic (exact) mass is 480 g/mol. The van der Waals surface area contributed by atoms with Crippen molar-refractivity contribution < 1.29 is 0 Å². The number of rotatable bonds is 3. The van der Waals surface area contributed by atoms with Gasteiger partial charge < -0.3 is 17.2 Å². The Morgan fingerprint density at radius 1 is 0.417 bits per heavy atom. The normalized spacial score (nSPS) is 11.7. The van der Waals surface area contributed by atoms with E-state index in [1.54, 1.807) is 13.7 Å². The van der Waals surface area contributed by atoms with Gasteiger partial charge in [0, 0.05) is 0 Å². The first kappa shape index (κ1) is 19.5. The molecule has 6 N–H and O–H groups in total. The molecule has 0 aliphatic rings. The van der Waals surface area contributed by atoms with E-state index in [-0.39, 0.29) is 35.3 Å². The number of imidazole rings is 3. The number of nitrogens with two attached hydrogens (primary N) is 3. The molecule has 7 heterocycles. The summed E-state index contributed by atoms with van der Waals surface area (Å²) in [6.45, 7) is 0. The molecule has 0 aliphatic heterocycles. The van der Waals surface area contributed by atoms with E-state index in [9.17, 15) is 0 Å². The number of hydrogen-bond donors (Lipinski definition) is 3. The van der Waals surface area contributed by atoms with Crippen LogP contribution >= 0.6 is 0 Å². The molecule has 18 heteroatoms. The van der Waals surface area contributed by atoms with Crippen molar-refractivity contribution in [3.05, 3.63) is 38.0 Å². The van der Waals surface area contributed by atoms with Crippen LogP contribution < -0.4 is 17.2 Å². The minimum Gasteiger partial charge on any atom is -0.382 e. The molecule has 0 saturated carbocycles. The van der Waals surface area contributed by atoms with E-state index in [0.29, 0.717) is 33.5 Å². The van der Waals surface area contributed by atoms with Crippen LogP contribution in [-0.2, 0) is 0 Å². The Morgan fingerprint density at radius 3 is 1.03 bits per heavy atom. The average molecular weight is 480 g/mol. The van der Waals surface area contributed by atoms with Gasteiger partial charge in [0.25, 0.3) is 0 Å². The topological polar surface area (TPSA) is 248 Å². The molecule has 0 fully saturated rings. The van der Waals surface area contributed by atoms with Crippen molar-refractivity contribution in [3.63, 3.8) is 0 Å². The molecule has 36 heavy (non-hydrogen) atoms. The lowest BCUT2D eigenvalue weighted by molar-refractivity contribution is 0.808. The summed E-state index contributed by atoms with van der Waals surface area (Å²) < 4.78 is 4.65. The Hall–Kier alpha value is -5.94. The van der Waals surface area contributed by atoms with Gasteiger partial charge in [-0.2, -0.15) is 15.0 Å². The maximum absolute atomic E-state index is 5.96. The van der Waals surface area contributed by atoms with Crippen LogP contribution in [0.25, 0.3) is 51.3 Å². The van der Waals surface area contributed by atoms with E-state index < -0.39 is 0 Å². The molecule has 0 atom stereocenters. The van der Waals surface area contributed by atoms with E-state index in [1.165, 1.54) is 38.0 Å². The molecule has 0 saturated heterocycles. The molecule has 0 spiro atoms. The number of nitrogen functional groups attached to an aromatic ring is 3. The van der Waals surface area contributed by atoms with Crippen LogP contribution in [0.4, 0.5) is 17.5 Å². The Bertz CT molecular complexity index is 1710. The number of aromatic nitrogens is 15. The first-order valence-corrected chi connectivity index (χ1v) is 10.2. The van der Waals surface area contributed by atoms with Gasteiger partial charge in [-0.25, -0.2) is 44.9 Å². The van der Waals surface area contributed by atoms with Crippen molar-refractivity contribution in [3.8, 4) is 17.8 Å². The maximum Gasteiger partial charge on any atom is 0.243 e. The molecule has 0 unspecified atom stereocenters. The summed E-state index contributed by atoms with van der Waals surface area (Å²) in [6.07, 6.45) is 8.42. The average Bonchev–Trinajstić information content (AvgIpc) is 3.62. The third-order valence-corrected chi connectivity index (χ3v) is 5.33. The van der Waals surface area contributed by atoms with Crippen LogP contribution in [0.2, 0.25) is 0 Å². The highest BCUT2D eigenvalue weighted by atomic mass is 15.4. The smallest absolute Gasteiger partial charge is 0.243 e. The van der Waals surface area contributed by atoms with Crippen molar-refractivity contribution >= 4 is 50.9 Å². The number of hydrogen-bond acceptors (Lipinski definition) is 15. The van der Waals surface area contributed by atoms with Gasteiger partial charge in [0.1, 0.15) is 38.0 Å². The van der Waals surface area contributed by atoms with Gasteiger partial charge in [-0.05, 0) is 0 Å². The molecular weight excluding hydrogens is 468 g/mol. The van der Waals surface area contributed by atoms with Crippen LogP contribution in [0.3, 0.4) is 0 Å². The largest absolute Gasteiger partial charge is 0.382 e. The van der Waals surface area contributed by atoms with E-state index in [4.69, 9.17) is 17.2 Å². The molecule has 18 nitrogen and oxygen atoms in total. The van der Waals surface area contributed by atoms with Gasteiger partial charge in [0.05, 0.1) is 0 Å². The lowest BCUT2D eigenvalue weighted by atomic mass is 10.5. The first-order chi connectivity index (χ1) is 17.6. The standard InChI is InChI=1S/C18H12N18/c19-10-7-13(25-1-22-10)34(4-28-7)16-31-17(35-5-29-8-11(20)23-2-26-14(8)35)33-18(32-16)36-6-30-9-12(21)24-3-27-15(9)36/h1-6H,(H2,19,22,25)(H2,20,23,26)(H2,21,24,27). The van der Waals surface area contributed by atoms with Crippen molar-refractivity contribution in [2.45, 2.75) is 0 Å². The summed E-state index contributed by atoms with van der Waals surface area (Å²) in [4.78, 5) is 51.5. The highest BCUT2D eigenvalue weighted by molar-refractivity contribution is 5.84. The highest BCUT2D eigenvalue weighted by Gasteiger charge is 2.20. The number of nitrogens with zero attached hydrogens (tertiary/aromatic N) is 15. The number of fused-ring (bicyclic) bond motifs is 3. The second kappa shape index (κ2) is 7.03. The zero-order valence-electron chi connectivity index (χ0n) is 17.9. The summed E-state index contributed by atoms with van der Waals surface area (Å²) in [5, 5.41) is 0. The predicted molar refractivity (Wildman–Crippen MR) is 124 cm³/mol. The molecule has 0 bridgehead atoms. The molecule has 7 aromatic rings. The minimum absolute atomic E-state index is 0.170. The summed E-state index contributed by atoms with van der Waals surface area (Å²) in [5.74, 6) is 1.16. The molecule has 0 amide bonds. The fourth-order valence-corrected chi connectivity index (χ4v) is 3.66. The Kier molecular flexibility index (Phi) is 3.81. The second-order valence-corrected chi connectivity index (χ2v) is 7.37. The summed E-state index contributed by atoms with van der Waals surface area (Å²) in [6, 6.07) is 0. The zero-order valence-corrected chi connectivity index (χ0v) is 17.9. The molecular formula is C18H12N18. The second-order valence-electron chi connectivity index (χ2n) is 7.37. The van der Waals surface area contributed by atoms with E-state index in [2.05, 4.69) is 59.8 Å². The third-order valence-electron chi connectivity index (χ3n) is 5.33. The van der Waals surface area contributed by atoms with Gasteiger partial charge >= 0.3 is 0 Å². The lowest BCUT2D eigenvalue weighted by Crippen LogP contribution is -2.13. The van der Waals surface area contributed by atoms with Crippen LogP contribution in [0, 0.1) is 0 Å². The summed E-state index contributed by atoms with van der Waals surface area (Å²) in [5.41, 5.74) is 20.2. The fraction of sp³-hybridized carbons (Fsp3) is 0. The van der Waals surface area contributed by atoms with E-state index in [0.717, 1.165) is 0 Å². The summed E-state index contributed by atoms with van der Waals surface area (Å²) >= 11 is 0. The van der Waals surface area contributed by atoms with Gasteiger partial charge in [0.2, 0.25) is 17.8 Å². The van der Waals surface area contributed by atoms with Crippen molar-refractivity contribution in [1.82, 2.24) is 73.5 Å². The van der Waals surface area contributed by atoms with Gasteiger partial charge in [-0.15, -0.1) is 0 Å². The Labute approximate surface area is 198 Å². The van der Waals surface area contributed by atoms with Crippen LogP contribution in [0.15, 0.2) is 38.0 Å². The van der Waals surface area contributed by atoms with E-state index in [1.807, 2.05) is 0 Å². The van der Waals surface area contributed by atoms with Gasteiger partial charge in [-0.1, -0.05) is 0 Å². The fourth-order valence-electron chi connectivity index (χ4n) is 3.66. The zero-order chi connectivity index (χ0) is 24.4. The highest BCUT2D eigenvalue weighted by Crippen LogP contribution is 2.22. The minimum atomic E-state index is 0.170. The molecule has 7 aromatic heterocycles.